The summed E-state index contributed by atoms with van der Waals surface area (Å²) in [7, 11) is 0. The topological polar surface area (TPSA) is 59.2 Å². The van der Waals surface area contributed by atoms with Gasteiger partial charge in [0.1, 0.15) is 5.76 Å². The quantitative estimate of drug-likeness (QED) is 0.866. The predicted molar refractivity (Wildman–Crippen MR) is 82.4 cm³/mol. The van der Waals surface area contributed by atoms with Gasteiger partial charge in [0.05, 0.1) is 6.04 Å². The normalized spacial score (nSPS) is 18.4. The molecule has 6 heteroatoms. The van der Waals surface area contributed by atoms with Crippen LogP contribution in [0.4, 0.5) is 0 Å². The van der Waals surface area contributed by atoms with Gasteiger partial charge in [0.25, 0.3) is 0 Å². The summed E-state index contributed by atoms with van der Waals surface area (Å²) in [4.78, 5) is 18.7. The second kappa shape index (κ2) is 6.92. The lowest BCUT2D eigenvalue weighted by atomic mass is 9.96. The summed E-state index contributed by atoms with van der Waals surface area (Å²) >= 11 is 5.72. The SMILES string of the molecule is O=C(CCc1cc(Cl)no1)N1CCCC[C@H]1c1cccnc1. The highest BCUT2D eigenvalue weighted by Gasteiger charge is 2.27. The second-order valence-corrected chi connectivity index (χ2v) is 5.89. The van der Waals surface area contributed by atoms with Gasteiger partial charge in [0, 0.05) is 37.8 Å². The van der Waals surface area contributed by atoms with Crippen molar-refractivity contribution in [1.82, 2.24) is 15.0 Å². The maximum absolute atomic E-state index is 12.6. The summed E-state index contributed by atoms with van der Waals surface area (Å²) < 4.78 is 5.05. The second-order valence-electron chi connectivity index (χ2n) is 5.50. The van der Waals surface area contributed by atoms with Gasteiger partial charge in [-0.05, 0) is 30.9 Å². The van der Waals surface area contributed by atoms with Crippen LogP contribution in [0.3, 0.4) is 0 Å². The Hall–Kier alpha value is -1.88. The molecule has 0 bridgehead atoms. The van der Waals surface area contributed by atoms with E-state index in [0.717, 1.165) is 31.4 Å². The first kappa shape index (κ1) is 15.0. The minimum Gasteiger partial charge on any atom is -0.360 e. The van der Waals surface area contributed by atoms with Gasteiger partial charge in [-0.1, -0.05) is 22.8 Å². The molecular weight excluding hydrogens is 302 g/mol. The highest BCUT2D eigenvalue weighted by atomic mass is 35.5. The Morgan fingerprint density at radius 3 is 3.09 bits per heavy atom. The lowest BCUT2D eigenvalue weighted by molar-refractivity contribution is -0.135. The standard InChI is InChI=1S/C16H18ClN3O2/c17-15-10-13(22-19-15)6-7-16(21)20-9-2-1-5-14(20)12-4-3-8-18-11-12/h3-4,8,10-11,14H,1-2,5-7,9H2/t14-/m0/s1. The molecule has 0 aromatic carbocycles. The van der Waals surface area contributed by atoms with Crippen LogP contribution < -0.4 is 0 Å². The summed E-state index contributed by atoms with van der Waals surface area (Å²) in [6.45, 7) is 0.801. The van der Waals surface area contributed by atoms with Crippen LogP contribution in [-0.2, 0) is 11.2 Å². The van der Waals surface area contributed by atoms with Crippen LogP contribution in [-0.4, -0.2) is 27.5 Å². The first-order valence-corrected chi connectivity index (χ1v) is 7.92. The van der Waals surface area contributed by atoms with E-state index in [1.807, 2.05) is 23.2 Å². The Kier molecular flexibility index (Phi) is 4.73. The van der Waals surface area contributed by atoms with Crippen molar-refractivity contribution in [3.63, 3.8) is 0 Å². The van der Waals surface area contributed by atoms with E-state index in [0.29, 0.717) is 23.8 Å². The zero-order valence-electron chi connectivity index (χ0n) is 12.2. The number of pyridine rings is 1. The van der Waals surface area contributed by atoms with Crippen molar-refractivity contribution < 1.29 is 9.32 Å². The van der Waals surface area contributed by atoms with Crippen molar-refractivity contribution in [2.24, 2.45) is 0 Å². The molecule has 0 saturated carbocycles. The highest BCUT2D eigenvalue weighted by molar-refractivity contribution is 6.29. The molecule has 1 aliphatic heterocycles. The molecule has 1 amide bonds. The molecule has 0 spiro atoms. The number of carbonyl (C=O) groups excluding carboxylic acids is 1. The van der Waals surface area contributed by atoms with E-state index in [4.69, 9.17) is 16.1 Å². The van der Waals surface area contributed by atoms with Gasteiger partial charge >= 0.3 is 0 Å². The largest absolute Gasteiger partial charge is 0.360 e. The molecule has 1 atom stereocenters. The number of piperidine rings is 1. The number of amides is 1. The lowest BCUT2D eigenvalue weighted by Crippen LogP contribution is -2.38. The van der Waals surface area contributed by atoms with E-state index < -0.39 is 0 Å². The Morgan fingerprint density at radius 1 is 1.45 bits per heavy atom. The molecule has 2 aromatic rings. The van der Waals surface area contributed by atoms with Crippen LogP contribution in [0.15, 0.2) is 35.1 Å². The molecule has 3 heterocycles. The molecule has 1 aliphatic rings. The molecule has 2 aromatic heterocycles. The molecule has 1 fully saturated rings. The van der Waals surface area contributed by atoms with Gasteiger partial charge < -0.3 is 9.42 Å². The Bertz CT molecular complexity index is 629. The minimum atomic E-state index is 0.133. The average Bonchev–Trinajstić information content (AvgIpc) is 2.99. The summed E-state index contributed by atoms with van der Waals surface area (Å²) in [6, 6.07) is 5.75. The number of carbonyl (C=O) groups is 1. The van der Waals surface area contributed by atoms with Crippen molar-refractivity contribution in [2.75, 3.05) is 6.54 Å². The number of aromatic nitrogens is 2. The molecule has 116 valence electrons. The minimum absolute atomic E-state index is 0.133. The van der Waals surface area contributed by atoms with Gasteiger partial charge in [-0.25, -0.2) is 0 Å². The van der Waals surface area contributed by atoms with Crippen LogP contribution in [0.5, 0.6) is 0 Å². The summed E-state index contributed by atoms with van der Waals surface area (Å²) in [5.74, 6) is 0.786. The molecule has 0 unspecified atom stereocenters. The molecule has 0 N–H and O–H groups in total. The third-order valence-corrected chi connectivity index (χ3v) is 4.19. The Morgan fingerprint density at radius 2 is 2.36 bits per heavy atom. The number of hydrogen-bond donors (Lipinski definition) is 0. The van der Waals surface area contributed by atoms with Crippen molar-refractivity contribution in [3.05, 3.63) is 47.1 Å². The highest BCUT2D eigenvalue weighted by Crippen LogP contribution is 2.31. The zero-order valence-corrected chi connectivity index (χ0v) is 13.0. The fourth-order valence-electron chi connectivity index (χ4n) is 2.93. The average molecular weight is 320 g/mol. The summed E-state index contributed by atoms with van der Waals surface area (Å²) in [6.07, 6.45) is 7.72. The van der Waals surface area contributed by atoms with Crippen LogP contribution in [0.25, 0.3) is 0 Å². The van der Waals surface area contributed by atoms with Gasteiger partial charge in [-0.3, -0.25) is 9.78 Å². The van der Waals surface area contributed by atoms with E-state index in [1.165, 1.54) is 0 Å². The van der Waals surface area contributed by atoms with Crippen molar-refractivity contribution in [2.45, 2.75) is 38.1 Å². The number of nitrogens with zero attached hydrogens (tertiary/aromatic N) is 3. The van der Waals surface area contributed by atoms with E-state index >= 15 is 0 Å². The molecule has 0 aliphatic carbocycles. The maximum atomic E-state index is 12.6. The third kappa shape index (κ3) is 3.47. The smallest absolute Gasteiger partial charge is 0.223 e. The first-order chi connectivity index (χ1) is 10.7. The maximum Gasteiger partial charge on any atom is 0.223 e. The van der Waals surface area contributed by atoms with Crippen molar-refractivity contribution in [1.29, 1.82) is 0 Å². The van der Waals surface area contributed by atoms with E-state index in [9.17, 15) is 4.79 Å². The first-order valence-electron chi connectivity index (χ1n) is 7.54. The monoisotopic (exact) mass is 319 g/mol. The molecular formula is C16H18ClN3O2. The fraction of sp³-hybridized carbons (Fsp3) is 0.438. The molecule has 0 radical (unpaired) electrons. The predicted octanol–water partition coefficient (Wildman–Crippen LogP) is 3.41. The van der Waals surface area contributed by atoms with E-state index in [-0.39, 0.29) is 11.9 Å². The van der Waals surface area contributed by atoms with Crippen molar-refractivity contribution in [3.8, 4) is 0 Å². The number of aryl methyl sites for hydroxylation is 1. The third-order valence-electron chi connectivity index (χ3n) is 4.01. The van der Waals surface area contributed by atoms with Crippen molar-refractivity contribution >= 4 is 17.5 Å². The number of halogens is 1. The van der Waals surface area contributed by atoms with E-state index in [2.05, 4.69) is 10.1 Å². The zero-order chi connectivity index (χ0) is 15.4. The van der Waals surface area contributed by atoms with E-state index in [1.54, 1.807) is 12.3 Å². The molecule has 3 rings (SSSR count). The number of rotatable bonds is 4. The molecule has 22 heavy (non-hydrogen) atoms. The fourth-order valence-corrected chi connectivity index (χ4v) is 3.09. The number of hydrogen-bond acceptors (Lipinski definition) is 4. The van der Waals surface area contributed by atoms with Crippen LogP contribution in [0.2, 0.25) is 5.15 Å². The van der Waals surface area contributed by atoms with Crippen LogP contribution in [0, 0.1) is 0 Å². The van der Waals surface area contributed by atoms with Gasteiger partial charge in [0.15, 0.2) is 5.15 Å². The Balaban J connectivity index is 1.66. The number of likely N-dealkylation sites (tertiary alicyclic amines) is 1. The molecule has 5 nitrogen and oxygen atoms in total. The van der Waals surface area contributed by atoms with Crippen LogP contribution >= 0.6 is 11.6 Å². The van der Waals surface area contributed by atoms with Gasteiger partial charge in [-0.15, -0.1) is 0 Å². The summed E-state index contributed by atoms with van der Waals surface area (Å²) in [5.41, 5.74) is 1.11. The molecule has 1 saturated heterocycles. The summed E-state index contributed by atoms with van der Waals surface area (Å²) in [5, 5.41) is 3.95. The van der Waals surface area contributed by atoms with Gasteiger partial charge in [-0.2, -0.15) is 0 Å². The van der Waals surface area contributed by atoms with Gasteiger partial charge in [0.2, 0.25) is 5.91 Å². The van der Waals surface area contributed by atoms with Crippen LogP contribution in [0.1, 0.15) is 43.0 Å². The lowest BCUT2D eigenvalue weighted by Gasteiger charge is -2.36. The Labute approximate surface area is 134 Å².